The first-order valence-corrected chi connectivity index (χ1v) is 8.37. The molecule has 0 unspecified atom stereocenters. The number of aromatic nitrogens is 1. The molecule has 0 radical (unpaired) electrons. The second kappa shape index (κ2) is 7.90. The Morgan fingerprint density at radius 3 is 2.76 bits per heavy atom. The first-order valence-electron chi connectivity index (χ1n) is 8.37. The molecule has 1 aromatic heterocycles. The fourth-order valence-electron chi connectivity index (χ4n) is 2.76. The van der Waals surface area contributed by atoms with Gasteiger partial charge in [-0.1, -0.05) is 6.07 Å². The van der Waals surface area contributed by atoms with Crippen molar-refractivity contribution in [2.75, 3.05) is 11.9 Å². The van der Waals surface area contributed by atoms with Gasteiger partial charge < -0.3 is 15.4 Å². The molecule has 3 rings (SSSR count). The van der Waals surface area contributed by atoms with E-state index in [-0.39, 0.29) is 17.9 Å². The number of ether oxygens (including phenoxy) is 1. The van der Waals surface area contributed by atoms with E-state index in [4.69, 9.17) is 4.74 Å². The molecule has 2 aromatic rings. The second-order valence-electron chi connectivity index (χ2n) is 6.05. The number of carbonyl (C=O) groups is 2. The second-order valence-corrected chi connectivity index (χ2v) is 6.05. The Morgan fingerprint density at radius 1 is 1.24 bits per heavy atom. The monoisotopic (exact) mass is 339 g/mol. The van der Waals surface area contributed by atoms with Crippen molar-refractivity contribution in [2.24, 2.45) is 0 Å². The minimum absolute atomic E-state index is 0.138. The standard InChI is InChI=1S/C19H21N3O3/c1-13(14-7-9-20-10-8-14)21-18(23)15-4-2-5-16(12-15)22-19(24)17-6-3-11-25-17/h2,4-5,7-10,12-13,17H,3,6,11H2,1H3,(H,21,23)(H,22,24)/t13-,17+/m1/s1. The van der Waals surface area contributed by atoms with Crippen LogP contribution in [0.15, 0.2) is 48.8 Å². The Balaban J connectivity index is 1.64. The molecule has 0 aliphatic carbocycles. The van der Waals surface area contributed by atoms with Crippen LogP contribution in [0.1, 0.15) is 41.7 Å². The maximum absolute atomic E-state index is 12.5. The molecule has 2 heterocycles. The fraction of sp³-hybridized carbons (Fsp3) is 0.316. The summed E-state index contributed by atoms with van der Waals surface area (Å²) in [5, 5.41) is 5.76. The van der Waals surface area contributed by atoms with Crippen molar-refractivity contribution < 1.29 is 14.3 Å². The number of hydrogen-bond donors (Lipinski definition) is 2. The number of anilines is 1. The fourth-order valence-corrected chi connectivity index (χ4v) is 2.76. The van der Waals surface area contributed by atoms with Gasteiger partial charge in [0.05, 0.1) is 6.04 Å². The molecule has 6 nitrogen and oxygen atoms in total. The summed E-state index contributed by atoms with van der Waals surface area (Å²) in [5.74, 6) is -0.363. The Kier molecular flexibility index (Phi) is 5.40. The van der Waals surface area contributed by atoms with Gasteiger partial charge in [-0.2, -0.15) is 0 Å². The molecule has 0 saturated carbocycles. The third kappa shape index (κ3) is 4.42. The molecule has 130 valence electrons. The van der Waals surface area contributed by atoms with Crippen LogP contribution in [0.3, 0.4) is 0 Å². The zero-order chi connectivity index (χ0) is 17.6. The molecular formula is C19H21N3O3. The molecule has 1 fully saturated rings. The molecule has 0 bridgehead atoms. The number of hydrogen-bond acceptors (Lipinski definition) is 4. The third-order valence-electron chi connectivity index (χ3n) is 4.17. The molecule has 25 heavy (non-hydrogen) atoms. The van der Waals surface area contributed by atoms with Crippen LogP contribution in [0.4, 0.5) is 5.69 Å². The van der Waals surface area contributed by atoms with Crippen molar-refractivity contribution in [3.63, 3.8) is 0 Å². The highest BCUT2D eigenvalue weighted by Crippen LogP contribution is 2.17. The minimum Gasteiger partial charge on any atom is -0.368 e. The van der Waals surface area contributed by atoms with Gasteiger partial charge in [0, 0.05) is 30.3 Å². The highest BCUT2D eigenvalue weighted by molar-refractivity contribution is 5.98. The molecule has 1 aliphatic heterocycles. The van der Waals surface area contributed by atoms with Crippen LogP contribution in [-0.2, 0) is 9.53 Å². The number of nitrogens with one attached hydrogen (secondary N) is 2. The van der Waals surface area contributed by atoms with E-state index in [1.54, 1.807) is 36.7 Å². The first-order chi connectivity index (χ1) is 12.1. The largest absolute Gasteiger partial charge is 0.368 e. The van der Waals surface area contributed by atoms with Gasteiger partial charge in [0.2, 0.25) is 0 Å². The van der Waals surface area contributed by atoms with Gasteiger partial charge in [0.25, 0.3) is 11.8 Å². The Morgan fingerprint density at radius 2 is 2.04 bits per heavy atom. The van der Waals surface area contributed by atoms with Crippen molar-refractivity contribution in [1.82, 2.24) is 10.3 Å². The molecule has 0 spiro atoms. The van der Waals surface area contributed by atoms with Crippen LogP contribution in [-0.4, -0.2) is 29.5 Å². The van der Waals surface area contributed by atoms with Crippen LogP contribution in [0.5, 0.6) is 0 Å². The third-order valence-corrected chi connectivity index (χ3v) is 4.17. The summed E-state index contributed by atoms with van der Waals surface area (Å²) in [7, 11) is 0. The van der Waals surface area contributed by atoms with Crippen molar-refractivity contribution in [3.8, 4) is 0 Å². The lowest BCUT2D eigenvalue weighted by Gasteiger charge is -2.15. The number of carbonyl (C=O) groups excluding carboxylic acids is 2. The summed E-state index contributed by atoms with van der Waals surface area (Å²) in [5.41, 5.74) is 2.06. The SMILES string of the molecule is C[C@@H](NC(=O)c1cccc(NC(=O)[C@@H]2CCCO2)c1)c1ccncc1. The molecule has 2 amide bonds. The molecule has 2 N–H and O–H groups in total. The van der Waals surface area contributed by atoms with Gasteiger partial charge in [0.15, 0.2) is 0 Å². The van der Waals surface area contributed by atoms with Crippen LogP contribution >= 0.6 is 0 Å². The maximum atomic E-state index is 12.5. The highest BCUT2D eigenvalue weighted by Gasteiger charge is 2.23. The van der Waals surface area contributed by atoms with E-state index >= 15 is 0 Å². The Hall–Kier alpha value is -2.73. The number of pyridine rings is 1. The summed E-state index contributed by atoms with van der Waals surface area (Å²) >= 11 is 0. The Bertz CT molecular complexity index is 743. The number of amides is 2. The van der Waals surface area contributed by atoms with Crippen molar-refractivity contribution in [1.29, 1.82) is 0 Å². The number of benzene rings is 1. The summed E-state index contributed by atoms with van der Waals surface area (Å²) in [6, 6.07) is 10.5. The van der Waals surface area contributed by atoms with E-state index < -0.39 is 6.10 Å². The Labute approximate surface area is 146 Å². The lowest BCUT2D eigenvalue weighted by Crippen LogP contribution is -2.28. The van der Waals surface area contributed by atoms with Gasteiger partial charge in [-0.25, -0.2) is 0 Å². The van der Waals surface area contributed by atoms with Crippen LogP contribution < -0.4 is 10.6 Å². The first kappa shape index (κ1) is 17.1. The number of rotatable bonds is 5. The van der Waals surface area contributed by atoms with E-state index in [1.807, 2.05) is 19.1 Å². The van der Waals surface area contributed by atoms with E-state index in [0.29, 0.717) is 17.9 Å². The van der Waals surface area contributed by atoms with Gasteiger partial charge in [-0.15, -0.1) is 0 Å². The molecular weight excluding hydrogens is 318 g/mol. The predicted octanol–water partition coefficient (Wildman–Crippen LogP) is 2.69. The molecule has 6 heteroatoms. The van der Waals surface area contributed by atoms with E-state index in [9.17, 15) is 9.59 Å². The quantitative estimate of drug-likeness (QED) is 0.878. The molecule has 1 saturated heterocycles. The normalized spacial score (nSPS) is 17.7. The topological polar surface area (TPSA) is 80.3 Å². The molecule has 1 aliphatic rings. The van der Waals surface area contributed by atoms with Gasteiger partial charge in [0.1, 0.15) is 6.10 Å². The number of nitrogens with zero attached hydrogens (tertiary/aromatic N) is 1. The van der Waals surface area contributed by atoms with E-state index in [2.05, 4.69) is 15.6 Å². The average Bonchev–Trinajstić information content (AvgIpc) is 3.17. The summed E-state index contributed by atoms with van der Waals surface area (Å²) in [6.45, 7) is 2.53. The lowest BCUT2D eigenvalue weighted by molar-refractivity contribution is -0.124. The summed E-state index contributed by atoms with van der Waals surface area (Å²) < 4.78 is 5.37. The zero-order valence-electron chi connectivity index (χ0n) is 14.1. The lowest BCUT2D eigenvalue weighted by atomic mass is 10.1. The van der Waals surface area contributed by atoms with Crippen molar-refractivity contribution >= 4 is 17.5 Å². The van der Waals surface area contributed by atoms with Crippen LogP contribution in [0, 0.1) is 0 Å². The summed E-state index contributed by atoms with van der Waals surface area (Å²) in [4.78, 5) is 28.5. The highest BCUT2D eigenvalue weighted by atomic mass is 16.5. The summed E-state index contributed by atoms with van der Waals surface area (Å²) in [6.07, 6.45) is 4.62. The predicted molar refractivity (Wildman–Crippen MR) is 94.2 cm³/mol. The van der Waals surface area contributed by atoms with Gasteiger partial charge >= 0.3 is 0 Å². The van der Waals surface area contributed by atoms with Crippen LogP contribution in [0.25, 0.3) is 0 Å². The smallest absolute Gasteiger partial charge is 0.253 e. The van der Waals surface area contributed by atoms with Crippen molar-refractivity contribution in [2.45, 2.75) is 31.9 Å². The van der Waals surface area contributed by atoms with Crippen LogP contribution in [0.2, 0.25) is 0 Å². The van der Waals surface area contributed by atoms with E-state index in [1.165, 1.54) is 0 Å². The minimum atomic E-state index is -0.399. The molecule has 2 atom stereocenters. The van der Waals surface area contributed by atoms with Gasteiger partial charge in [-0.3, -0.25) is 14.6 Å². The maximum Gasteiger partial charge on any atom is 0.253 e. The average molecular weight is 339 g/mol. The van der Waals surface area contributed by atoms with Gasteiger partial charge in [-0.05, 0) is 55.7 Å². The zero-order valence-corrected chi connectivity index (χ0v) is 14.1. The molecule has 1 aromatic carbocycles. The van der Waals surface area contributed by atoms with Crippen molar-refractivity contribution in [3.05, 3.63) is 59.9 Å². The van der Waals surface area contributed by atoms with E-state index in [0.717, 1.165) is 18.4 Å².